The summed E-state index contributed by atoms with van der Waals surface area (Å²) in [7, 11) is 0. The highest BCUT2D eigenvalue weighted by Gasteiger charge is 2.18. The number of fused-ring (bicyclic) bond motifs is 1. The molecule has 1 aliphatic rings. The molecule has 0 radical (unpaired) electrons. The van der Waals surface area contributed by atoms with E-state index in [0.29, 0.717) is 6.04 Å². The zero-order valence-corrected chi connectivity index (χ0v) is 13.2. The molecule has 0 saturated carbocycles. The number of amides is 1. The molecule has 0 fully saturated rings. The quantitative estimate of drug-likeness (QED) is 0.846. The Morgan fingerprint density at radius 2 is 2.19 bits per heavy atom. The summed E-state index contributed by atoms with van der Waals surface area (Å²) in [5.41, 5.74) is 2.32. The van der Waals surface area contributed by atoms with Crippen molar-refractivity contribution >= 4 is 11.6 Å². The standard InChI is InChI=1S/C17H26N2O2/c1-4-14(5-2)19-16(20)11-21-15-8-6-7-13-10-9-12(3)18-17(13)15/h6-8,12,14,18H,4-5,9-11H2,1-3H3,(H,19,20). The van der Waals surface area contributed by atoms with Gasteiger partial charge in [-0.05, 0) is 44.2 Å². The highest BCUT2D eigenvalue weighted by Crippen LogP contribution is 2.33. The molecule has 1 heterocycles. The van der Waals surface area contributed by atoms with Crippen LogP contribution in [0, 0.1) is 0 Å². The van der Waals surface area contributed by atoms with Crippen LogP contribution in [-0.2, 0) is 11.2 Å². The number of aryl methyl sites for hydroxylation is 1. The summed E-state index contributed by atoms with van der Waals surface area (Å²) in [5, 5.41) is 6.45. The summed E-state index contributed by atoms with van der Waals surface area (Å²) in [6, 6.07) is 6.72. The van der Waals surface area contributed by atoms with Gasteiger partial charge in [0.1, 0.15) is 5.75 Å². The first-order valence-corrected chi connectivity index (χ1v) is 7.94. The maximum absolute atomic E-state index is 11.9. The molecule has 1 aromatic carbocycles. The van der Waals surface area contributed by atoms with Crippen LogP contribution < -0.4 is 15.4 Å². The van der Waals surface area contributed by atoms with Gasteiger partial charge in [-0.25, -0.2) is 0 Å². The molecule has 0 bridgehead atoms. The van der Waals surface area contributed by atoms with Crippen LogP contribution in [0.25, 0.3) is 0 Å². The lowest BCUT2D eigenvalue weighted by atomic mass is 9.98. The third kappa shape index (κ3) is 4.13. The Morgan fingerprint density at radius 1 is 1.43 bits per heavy atom. The van der Waals surface area contributed by atoms with Crippen LogP contribution in [0.2, 0.25) is 0 Å². The van der Waals surface area contributed by atoms with Crippen molar-refractivity contribution in [2.45, 2.75) is 58.5 Å². The molecule has 1 unspecified atom stereocenters. The van der Waals surface area contributed by atoms with E-state index in [1.165, 1.54) is 5.56 Å². The second-order valence-electron chi connectivity index (χ2n) is 5.74. The first-order chi connectivity index (χ1) is 10.1. The van der Waals surface area contributed by atoms with Gasteiger partial charge >= 0.3 is 0 Å². The van der Waals surface area contributed by atoms with E-state index in [2.05, 4.69) is 37.5 Å². The summed E-state index contributed by atoms with van der Waals surface area (Å²) < 4.78 is 5.73. The molecule has 1 aromatic rings. The molecule has 21 heavy (non-hydrogen) atoms. The van der Waals surface area contributed by atoms with Gasteiger partial charge in [0.25, 0.3) is 5.91 Å². The minimum atomic E-state index is -0.0508. The average molecular weight is 290 g/mol. The first-order valence-electron chi connectivity index (χ1n) is 7.94. The Balaban J connectivity index is 1.96. The lowest BCUT2D eigenvalue weighted by Gasteiger charge is -2.26. The summed E-state index contributed by atoms with van der Waals surface area (Å²) in [6.07, 6.45) is 4.08. The van der Waals surface area contributed by atoms with E-state index >= 15 is 0 Å². The Morgan fingerprint density at radius 3 is 2.90 bits per heavy atom. The van der Waals surface area contributed by atoms with Gasteiger partial charge in [-0.15, -0.1) is 0 Å². The molecule has 4 nitrogen and oxygen atoms in total. The predicted octanol–water partition coefficient (Wildman–Crippen LogP) is 3.12. The van der Waals surface area contributed by atoms with E-state index in [0.717, 1.165) is 37.1 Å². The van der Waals surface area contributed by atoms with Gasteiger partial charge in [-0.3, -0.25) is 4.79 Å². The SMILES string of the molecule is CCC(CC)NC(=O)COc1cccc2c1NC(C)CC2. The summed E-state index contributed by atoms with van der Waals surface area (Å²) in [6.45, 7) is 6.39. The van der Waals surface area contributed by atoms with Gasteiger partial charge in [-0.1, -0.05) is 26.0 Å². The normalized spacial score (nSPS) is 17.0. The van der Waals surface area contributed by atoms with E-state index in [4.69, 9.17) is 4.74 Å². The molecular formula is C17H26N2O2. The van der Waals surface area contributed by atoms with E-state index in [9.17, 15) is 4.79 Å². The molecule has 4 heteroatoms. The molecule has 0 aliphatic carbocycles. The molecule has 1 aliphatic heterocycles. The lowest BCUT2D eigenvalue weighted by molar-refractivity contribution is -0.123. The summed E-state index contributed by atoms with van der Waals surface area (Å²) in [5.74, 6) is 0.726. The highest BCUT2D eigenvalue weighted by atomic mass is 16.5. The molecule has 0 spiro atoms. The fourth-order valence-corrected chi connectivity index (χ4v) is 2.67. The largest absolute Gasteiger partial charge is 0.482 e. The van der Waals surface area contributed by atoms with Crippen LogP contribution in [0.1, 0.15) is 45.6 Å². The second kappa shape index (κ2) is 7.34. The second-order valence-corrected chi connectivity index (χ2v) is 5.74. The van der Waals surface area contributed by atoms with Gasteiger partial charge in [-0.2, -0.15) is 0 Å². The predicted molar refractivity (Wildman–Crippen MR) is 85.9 cm³/mol. The maximum Gasteiger partial charge on any atom is 0.258 e. The number of carbonyl (C=O) groups excluding carboxylic acids is 1. The minimum absolute atomic E-state index is 0.0508. The lowest BCUT2D eigenvalue weighted by Crippen LogP contribution is -2.37. The number of ether oxygens (including phenoxy) is 1. The smallest absolute Gasteiger partial charge is 0.258 e. The maximum atomic E-state index is 11.9. The highest BCUT2D eigenvalue weighted by molar-refractivity contribution is 5.78. The third-order valence-electron chi connectivity index (χ3n) is 4.06. The number of benzene rings is 1. The van der Waals surface area contributed by atoms with Gasteiger partial charge in [0, 0.05) is 12.1 Å². The Hall–Kier alpha value is -1.71. The number of anilines is 1. The number of para-hydroxylation sites is 1. The minimum Gasteiger partial charge on any atom is -0.482 e. The molecule has 1 atom stereocenters. The van der Waals surface area contributed by atoms with Crippen molar-refractivity contribution in [2.24, 2.45) is 0 Å². The van der Waals surface area contributed by atoms with Gasteiger partial charge in [0.05, 0.1) is 5.69 Å². The van der Waals surface area contributed by atoms with Crippen LogP contribution in [0.15, 0.2) is 18.2 Å². The molecule has 116 valence electrons. The van der Waals surface area contributed by atoms with Gasteiger partial charge < -0.3 is 15.4 Å². The van der Waals surface area contributed by atoms with Crippen molar-refractivity contribution in [3.05, 3.63) is 23.8 Å². The van der Waals surface area contributed by atoms with Crippen molar-refractivity contribution in [3.8, 4) is 5.75 Å². The topological polar surface area (TPSA) is 50.4 Å². The molecule has 2 rings (SSSR count). The van der Waals surface area contributed by atoms with E-state index in [1.807, 2.05) is 12.1 Å². The Kier molecular flexibility index (Phi) is 5.48. The van der Waals surface area contributed by atoms with Gasteiger partial charge in [0.15, 0.2) is 6.61 Å². The molecule has 1 amide bonds. The zero-order valence-electron chi connectivity index (χ0n) is 13.2. The first kappa shape index (κ1) is 15.7. The summed E-state index contributed by atoms with van der Waals surface area (Å²) >= 11 is 0. The van der Waals surface area contributed by atoms with Gasteiger partial charge in [0.2, 0.25) is 0 Å². The average Bonchev–Trinajstić information content (AvgIpc) is 2.50. The number of nitrogens with one attached hydrogen (secondary N) is 2. The third-order valence-corrected chi connectivity index (χ3v) is 4.06. The van der Waals surface area contributed by atoms with E-state index in [1.54, 1.807) is 0 Å². The fraction of sp³-hybridized carbons (Fsp3) is 0.588. The van der Waals surface area contributed by atoms with Crippen molar-refractivity contribution in [1.82, 2.24) is 5.32 Å². The molecule has 2 N–H and O–H groups in total. The van der Waals surface area contributed by atoms with Crippen LogP contribution in [0.5, 0.6) is 5.75 Å². The zero-order chi connectivity index (χ0) is 15.2. The molecule has 0 aromatic heterocycles. The van der Waals surface area contributed by atoms with Crippen LogP contribution >= 0.6 is 0 Å². The number of hydrogen-bond donors (Lipinski definition) is 2. The summed E-state index contributed by atoms with van der Waals surface area (Å²) in [4.78, 5) is 11.9. The Labute approximate surface area is 127 Å². The number of carbonyl (C=O) groups is 1. The van der Waals surface area contributed by atoms with Crippen molar-refractivity contribution in [1.29, 1.82) is 0 Å². The molecule has 0 saturated heterocycles. The molecular weight excluding hydrogens is 264 g/mol. The van der Waals surface area contributed by atoms with Crippen molar-refractivity contribution < 1.29 is 9.53 Å². The van der Waals surface area contributed by atoms with Crippen molar-refractivity contribution in [2.75, 3.05) is 11.9 Å². The van der Waals surface area contributed by atoms with Crippen molar-refractivity contribution in [3.63, 3.8) is 0 Å². The fourth-order valence-electron chi connectivity index (χ4n) is 2.67. The number of rotatable bonds is 6. The van der Waals surface area contributed by atoms with Crippen LogP contribution in [0.3, 0.4) is 0 Å². The monoisotopic (exact) mass is 290 g/mol. The Bertz CT molecular complexity index is 484. The van der Waals surface area contributed by atoms with E-state index < -0.39 is 0 Å². The van der Waals surface area contributed by atoms with Crippen LogP contribution in [0.4, 0.5) is 5.69 Å². The van der Waals surface area contributed by atoms with E-state index in [-0.39, 0.29) is 18.6 Å². The van der Waals surface area contributed by atoms with Crippen LogP contribution in [-0.4, -0.2) is 24.6 Å². The number of hydrogen-bond acceptors (Lipinski definition) is 3.